The van der Waals surface area contributed by atoms with Crippen LogP contribution < -0.4 is 5.32 Å². The van der Waals surface area contributed by atoms with E-state index in [2.05, 4.69) is 31.1 Å². The molecule has 14 heavy (non-hydrogen) atoms. The van der Waals surface area contributed by atoms with Crippen LogP contribution in [0.1, 0.15) is 27.2 Å². The average molecular weight is 213 g/mol. The fraction of sp³-hybridized carbons (Fsp3) is 0.545. The zero-order chi connectivity index (χ0) is 10.6. The summed E-state index contributed by atoms with van der Waals surface area (Å²) in [5, 5.41) is 3.94. The predicted molar refractivity (Wildman–Crippen MR) is 61.8 cm³/mol. The lowest BCUT2D eigenvalue weighted by atomic mass is 10.0. The maximum Gasteiger partial charge on any atom is 0.131 e. The van der Waals surface area contributed by atoms with Gasteiger partial charge < -0.3 is 5.32 Å². The molecule has 1 aromatic heterocycles. The van der Waals surface area contributed by atoms with Gasteiger partial charge >= 0.3 is 0 Å². The van der Waals surface area contributed by atoms with Crippen LogP contribution in [0.2, 0.25) is 5.15 Å². The van der Waals surface area contributed by atoms with Gasteiger partial charge in [-0.15, -0.1) is 0 Å². The van der Waals surface area contributed by atoms with Crippen molar-refractivity contribution >= 4 is 17.3 Å². The van der Waals surface area contributed by atoms with Crippen LogP contribution in [0.5, 0.6) is 0 Å². The van der Waals surface area contributed by atoms with E-state index in [9.17, 15) is 0 Å². The minimum absolute atomic E-state index is 0.457. The van der Waals surface area contributed by atoms with Crippen LogP contribution in [0, 0.1) is 5.92 Å². The first-order valence-electron chi connectivity index (χ1n) is 5.01. The standard InChI is InChI=1S/C11H17ClN2/c1-4-8(2)9(3)14-10-5-6-13-11(12)7-10/h5-9H,4H2,1-3H3,(H,13,14)/t8-,9+/m1/s1. The highest BCUT2D eigenvalue weighted by atomic mass is 35.5. The molecule has 0 radical (unpaired) electrons. The van der Waals surface area contributed by atoms with Gasteiger partial charge in [0.1, 0.15) is 5.15 Å². The highest BCUT2D eigenvalue weighted by Gasteiger charge is 2.09. The Hall–Kier alpha value is -0.760. The molecule has 0 saturated heterocycles. The number of aromatic nitrogens is 1. The van der Waals surface area contributed by atoms with Crippen LogP contribution in [0.3, 0.4) is 0 Å². The van der Waals surface area contributed by atoms with E-state index in [1.165, 1.54) is 6.42 Å². The first-order valence-corrected chi connectivity index (χ1v) is 5.39. The van der Waals surface area contributed by atoms with Gasteiger partial charge in [-0.05, 0) is 25.0 Å². The average Bonchev–Trinajstić information content (AvgIpc) is 2.16. The number of hydrogen-bond donors (Lipinski definition) is 1. The fourth-order valence-corrected chi connectivity index (χ4v) is 1.42. The van der Waals surface area contributed by atoms with Gasteiger partial charge in [0.25, 0.3) is 0 Å². The number of pyridine rings is 1. The molecule has 0 aliphatic heterocycles. The summed E-state index contributed by atoms with van der Waals surface area (Å²) in [4.78, 5) is 3.94. The third-order valence-electron chi connectivity index (χ3n) is 2.62. The molecule has 0 bridgehead atoms. The molecule has 2 nitrogen and oxygen atoms in total. The molecule has 0 unspecified atom stereocenters. The summed E-state index contributed by atoms with van der Waals surface area (Å²) in [5.41, 5.74) is 1.04. The van der Waals surface area contributed by atoms with Gasteiger partial charge in [-0.25, -0.2) is 4.98 Å². The van der Waals surface area contributed by atoms with Crippen molar-refractivity contribution in [3.8, 4) is 0 Å². The van der Waals surface area contributed by atoms with Crippen molar-refractivity contribution in [2.24, 2.45) is 5.92 Å². The summed E-state index contributed by atoms with van der Waals surface area (Å²) in [5.74, 6) is 0.655. The molecule has 2 atom stereocenters. The van der Waals surface area contributed by atoms with E-state index in [4.69, 9.17) is 11.6 Å². The minimum atomic E-state index is 0.457. The second kappa shape index (κ2) is 5.20. The van der Waals surface area contributed by atoms with Crippen LogP contribution in [-0.4, -0.2) is 11.0 Å². The molecule has 3 heteroatoms. The second-order valence-corrected chi connectivity index (χ2v) is 4.07. The van der Waals surface area contributed by atoms with Crippen molar-refractivity contribution in [2.75, 3.05) is 5.32 Å². The highest BCUT2D eigenvalue weighted by molar-refractivity contribution is 6.29. The normalized spacial score (nSPS) is 14.9. The molecule has 1 N–H and O–H groups in total. The zero-order valence-corrected chi connectivity index (χ0v) is 9.67. The Balaban J connectivity index is 2.60. The lowest BCUT2D eigenvalue weighted by molar-refractivity contribution is 0.494. The summed E-state index contributed by atoms with van der Waals surface area (Å²) in [6.45, 7) is 6.62. The fourth-order valence-electron chi connectivity index (χ4n) is 1.25. The van der Waals surface area contributed by atoms with Crippen LogP contribution in [0.15, 0.2) is 18.3 Å². The van der Waals surface area contributed by atoms with Crippen LogP contribution >= 0.6 is 11.6 Å². The first kappa shape index (κ1) is 11.3. The number of hydrogen-bond acceptors (Lipinski definition) is 2. The lowest BCUT2D eigenvalue weighted by Gasteiger charge is -2.20. The molecule has 1 aromatic rings. The van der Waals surface area contributed by atoms with Gasteiger partial charge in [0.2, 0.25) is 0 Å². The van der Waals surface area contributed by atoms with E-state index >= 15 is 0 Å². The molecule has 0 fully saturated rings. The van der Waals surface area contributed by atoms with Crippen LogP contribution in [0.25, 0.3) is 0 Å². The third-order valence-corrected chi connectivity index (χ3v) is 2.83. The predicted octanol–water partition coefficient (Wildman–Crippen LogP) is 3.58. The monoisotopic (exact) mass is 212 g/mol. The van der Waals surface area contributed by atoms with E-state index in [1.807, 2.05) is 12.1 Å². The molecule has 1 rings (SSSR count). The minimum Gasteiger partial charge on any atom is -0.382 e. The summed E-state index contributed by atoms with van der Waals surface area (Å²) in [6, 6.07) is 4.24. The highest BCUT2D eigenvalue weighted by Crippen LogP contribution is 2.16. The molecule has 0 amide bonds. The summed E-state index contributed by atoms with van der Waals surface area (Å²) < 4.78 is 0. The van der Waals surface area contributed by atoms with E-state index in [-0.39, 0.29) is 0 Å². The van der Waals surface area contributed by atoms with Crippen molar-refractivity contribution < 1.29 is 0 Å². The SMILES string of the molecule is CC[C@@H](C)[C@H](C)Nc1ccnc(Cl)c1. The quantitative estimate of drug-likeness (QED) is 0.772. The Kier molecular flexibility index (Phi) is 4.21. The van der Waals surface area contributed by atoms with E-state index in [0.717, 1.165) is 5.69 Å². The summed E-state index contributed by atoms with van der Waals surface area (Å²) in [7, 11) is 0. The van der Waals surface area contributed by atoms with E-state index in [1.54, 1.807) is 6.20 Å². The van der Waals surface area contributed by atoms with Crippen LogP contribution in [-0.2, 0) is 0 Å². The van der Waals surface area contributed by atoms with Gasteiger partial charge in [0.05, 0.1) is 0 Å². The molecular formula is C11H17ClN2. The molecule has 0 aliphatic carbocycles. The van der Waals surface area contributed by atoms with Gasteiger partial charge in [0.15, 0.2) is 0 Å². The number of nitrogens with zero attached hydrogens (tertiary/aromatic N) is 1. The van der Waals surface area contributed by atoms with Gasteiger partial charge in [-0.3, -0.25) is 0 Å². The van der Waals surface area contributed by atoms with Crippen molar-refractivity contribution in [1.29, 1.82) is 0 Å². The number of rotatable bonds is 4. The first-order chi connectivity index (χ1) is 6.63. The number of halogens is 1. The number of anilines is 1. The van der Waals surface area contributed by atoms with Crippen molar-refractivity contribution in [3.05, 3.63) is 23.5 Å². The lowest BCUT2D eigenvalue weighted by Crippen LogP contribution is -2.23. The molecule has 1 heterocycles. The van der Waals surface area contributed by atoms with Crippen molar-refractivity contribution in [1.82, 2.24) is 4.98 Å². The zero-order valence-electron chi connectivity index (χ0n) is 8.92. The van der Waals surface area contributed by atoms with Gasteiger partial charge in [0, 0.05) is 17.9 Å². The second-order valence-electron chi connectivity index (χ2n) is 3.69. The molecular weight excluding hydrogens is 196 g/mol. The molecule has 0 aliphatic rings. The maximum absolute atomic E-state index is 5.79. The Bertz CT molecular complexity index is 288. The van der Waals surface area contributed by atoms with Crippen LogP contribution in [0.4, 0.5) is 5.69 Å². The molecule has 0 aromatic carbocycles. The summed E-state index contributed by atoms with van der Waals surface area (Å²) >= 11 is 5.79. The summed E-state index contributed by atoms with van der Waals surface area (Å²) in [6.07, 6.45) is 2.89. The topological polar surface area (TPSA) is 24.9 Å². The molecule has 0 spiro atoms. The molecule has 78 valence electrons. The molecule has 0 saturated carbocycles. The Morgan fingerprint density at radius 1 is 1.50 bits per heavy atom. The van der Waals surface area contributed by atoms with E-state index in [0.29, 0.717) is 17.1 Å². The van der Waals surface area contributed by atoms with Crippen molar-refractivity contribution in [2.45, 2.75) is 33.2 Å². The van der Waals surface area contributed by atoms with Gasteiger partial charge in [-0.2, -0.15) is 0 Å². The Morgan fingerprint density at radius 3 is 2.79 bits per heavy atom. The van der Waals surface area contributed by atoms with Crippen molar-refractivity contribution in [3.63, 3.8) is 0 Å². The van der Waals surface area contributed by atoms with Gasteiger partial charge in [-0.1, -0.05) is 31.9 Å². The largest absolute Gasteiger partial charge is 0.382 e. The number of nitrogens with one attached hydrogen (secondary N) is 1. The smallest absolute Gasteiger partial charge is 0.131 e. The van der Waals surface area contributed by atoms with E-state index < -0.39 is 0 Å². The maximum atomic E-state index is 5.79. The Labute approximate surface area is 90.7 Å². The third kappa shape index (κ3) is 3.18. The Morgan fingerprint density at radius 2 is 2.21 bits per heavy atom.